The van der Waals surface area contributed by atoms with Crippen molar-refractivity contribution in [3.63, 3.8) is 0 Å². The highest BCUT2D eigenvalue weighted by atomic mass is 16.8. The molecular weight excluding hydrogens is 278 g/mol. The minimum absolute atomic E-state index is 0.215. The van der Waals surface area contributed by atoms with Gasteiger partial charge < -0.3 is 19.0 Å². The van der Waals surface area contributed by atoms with Crippen molar-refractivity contribution < 1.29 is 28.6 Å². The van der Waals surface area contributed by atoms with Gasteiger partial charge in [-0.05, 0) is 26.8 Å². The number of aldehydes is 1. The predicted octanol–water partition coefficient (Wildman–Crippen LogP) is 0.135. The lowest BCUT2D eigenvalue weighted by atomic mass is 9.95. The molecule has 0 unspecified atom stereocenters. The molecule has 1 amide bonds. The number of hydrogen-bond acceptors (Lipinski definition) is 6. The maximum atomic E-state index is 12.1. The van der Waals surface area contributed by atoms with Crippen molar-refractivity contribution in [2.45, 2.75) is 57.0 Å². The van der Waals surface area contributed by atoms with Crippen LogP contribution < -0.4 is 0 Å². The van der Waals surface area contributed by atoms with Gasteiger partial charge >= 0.3 is 0 Å². The number of rotatable bonds is 2. The molecule has 0 N–H and O–H groups in total. The molecule has 3 aliphatic rings. The Kier molecular flexibility index (Phi) is 3.05. The lowest BCUT2D eigenvalue weighted by Gasteiger charge is -2.36. The van der Waals surface area contributed by atoms with Gasteiger partial charge in [0.1, 0.15) is 17.8 Å². The molecule has 114 valence electrons. The number of ether oxygens (including phenoxy) is 3. The van der Waals surface area contributed by atoms with Gasteiger partial charge in [-0.3, -0.25) is 14.5 Å². The summed E-state index contributed by atoms with van der Waals surface area (Å²) >= 11 is 0. The Labute approximate surface area is 121 Å². The summed E-state index contributed by atoms with van der Waals surface area (Å²) in [5.41, 5.74) is -0.977. The van der Waals surface area contributed by atoms with E-state index in [0.717, 1.165) is 0 Å². The second-order valence-electron chi connectivity index (χ2n) is 6.07. The van der Waals surface area contributed by atoms with E-state index in [4.69, 9.17) is 14.2 Å². The standard InChI is InChI=1S/C14H17NO6/c1-13(2)20-11-9(7-16)19-12(14(11,3)21-13)15-5-4-8(17)6-10(15)18/h4-5,7,9,11-12H,6H2,1-3H3/t9-,11-,12-,14-/m1/s1. The van der Waals surface area contributed by atoms with E-state index in [-0.39, 0.29) is 18.1 Å². The molecule has 0 aromatic heterocycles. The van der Waals surface area contributed by atoms with Crippen molar-refractivity contribution >= 4 is 18.0 Å². The lowest BCUT2D eigenvalue weighted by Crippen LogP contribution is -2.53. The summed E-state index contributed by atoms with van der Waals surface area (Å²) in [6.07, 6.45) is 0.900. The van der Waals surface area contributed by atoms with Crippen molar-refractivity contribution in [2.75, 3.05) is 0 Å². The molecular formula is C14H17NO6. The molecule has 0 aromatic carbocycles. The molecule has 2 fully saturated rings. The van der Waals surface area contributed by atoms with E-state index in [1.54, 1.807) is 20.8 Å². The van der Waals surface area contributed by atoms with Crippen LogP contribution in [0.3, 0.4) is 0 Å². The van der Waals surface area contributed by atoms with Crippen molar-refractivity contribution in [1.29, 1.82) is 0 Å². The normalized spacial score (nSPS) is 41.5. The molecule has 7 heteroatoms. The monoisotopic (exact) mass is 295 g/mol. The minimum Gasteiger partial charge on any atom is -0.341 e. The van der Waals surface area contributed by atoms with E-state index >= 15 is 0 Å². The van der Waals surface area contributed by atoms with Gasteiger partial charge in [-0.25, -0.2) is 0 Å². The molecule has 0 spiro atoms. The van der Waals surface area contributed by atoms with Crippen LogP contribution in [0.25, 0.3) is 0 Å². The Morgan fingerprint density at radius 3 is 2.67 bits per heavy atom. The Morgan fingerprint density at radius 1 is 1.33 bits per heavy atom. The SMILES string of the molecule is CC1(C)O[C@@H]2[C@@H](C=O)O[C@@H](N3C=CC(=O)CC3=O)[C@]2(C)O1. The molecule has 0 aromatic rings. The van der Waals surface area contributed by atoms with Crippen LogP contribution in [0.1, 0.15) is 27.2 Å². The first kappa shape index (κ1) is 14.4. The average Bonchev–Trinajstić information content (AvgIpc) is 2.76. The molecule has 0 radical (unpaired) electrons. The third-order valence-corrected chi connectivity index (χ3v) is 3.94. The highest BCUT2D eigenvalue weighted by molar-refractivity contribution is 6.06. The third-order valence-electron chi connectivity index (χ3n) is 3.94. The van der Waals surface area contributed by atoms with Crippen LogP contribution in [0.2, 0.25) is 0 Å². The molecule has 3 rings (SSSR count). The number of nitrogens with zero attached hydrogens (tertiary/aromatic N) is 1. The smallest absolute Gasteiger partial charge is 0.236 e. The predicted molar refractivity (Wildman–Crippen MR) is 68.8 cm³/mol. The Balaban J connectivity index is 1.96. The van der Waals surface area contributed by atoms with Crippen molar-refractivity contribution in [2.24, 2.45) is 0 Å². The molecule has 0 saturated carbocycles. The summed E-state index contributed by atoms with van der Waals surface area (Å²) in [6.45, 7) is 5.23. The molecule has 2 saturated heterocycles. The van der Waals surface area contributed by atoms with Crippen molar-refractivity contribution in [3.05, 3.63) is 12.3 Å². The molecule has 3 heterocycles. The topological polar surface area (TPSA) is 82.1 Å². The van der Waals surface area contributed by atoms with E-state index < -0.39 is 29.8 Å². The van der Waals surface area contributed by atoms with Gasteiger partial charge in [-0.2, -0.15) is 0 Å². The highest BCUT2D eigenvalue weighted by Crippen LogP contribution is 2.47. The number of ketones is 1. The quantitative estimate of drug-likeness (QED) is 0.532. The number of hydrogen-bond donors (Lipinski definition) is 0. The number of allylic oxidation sites excluding steroid dienone is 1. The first-order valence-corrected chi connectivity index (χ1v) is 6.78. The summed E-state index contributed by atoms with van der Waals surface area (Å²) in [4.78, 5) is 35.9. The van der Waals surface area contributed by atoms with Crippen LogP contribution in [0, 0.1) is 0 Å². The summed E-state index contributed by atoms with van der Waals surface area (Å²) in [6, 6.07) is 0. The van der Waals surface area contributed by atoms with Crippen molar-refractivity contribution in [3.8, 4) is 0 Å². The average molecular weight is 295 g/mol. The van der Waals surface area contributed by atoms with E-state index in [2.05, 4.69) is 0 Å². The fraction of sp³-hybridized carbons (Fsp3) is 0.643. The van der Waals surface area contributed by atoms with Gasteiger partial charge in [-0.15, -0.1) is 0 Å². The molecule has 7 nitrogen and oxygen atoms in total. The van der Waals surface area contributed by atoms with Crippen LogP contribution >= 0.6 is 0 Å². The van der Waals surface area contributed by atoms with Crippen LogP contribution in [0.4, 0.5) is 0 Å². The lowest BCUT2D eigenvalue weighted by molar-refractivity contribution is -0.219. The van der Waals surface area contributed by atoms with Gasteiger partial charge in [0.15, 0.2) is 24.1 Å². The Bertz CT molecular complexity index is 542. The zero-order valence-corrected chi connectivity index (χ0v) is 12.1. The van der Waals surface area contributed by atoms with Gasteiger partial charge in [0.25, 0.3) is 0 Å². The van der Waals surface area contributed by atoms with Crippen LogP contribution in [-0.2, 0) is 28.6 Å². The maximum absolute atomic E-state index is 12.1. The molecule has 21 heavy (non-hydrogen) atoms. The summed E-state index contributed by atoms with van der Waals surface area (Å²) in [5, 5.41) is 0. The number of carbonyl (C=O) groups excluding carboxylic acids is 3. The Hall–Kier alpha value is -1.57. The first-order chi connectivity index (χ1) is 9.77. The Morgan fingerprint density at radius 2 is 2.05 bits per heavy atom. The fourth-order valence-corrected chi connectivity index (χ4v) is 3.17. The molecule has 0 bridgehead atoms. The van der Waals surface area contributed by atoms with Crippen LogP contribution in [-0.4, -0.2) is 52.7 Å². The van der Waals surface area contributed by atoms with Gasteiger partial charge in [0, 0.05) is 6.20 Å². The summed E-state index contributed by atoms with van der Waals surface area (Å²) in [5.74, 6) is -1.51. The van der Waals surface area contributed by atoms with E-state index in [1.807, 2.05) is 0 Å². The largest absolute Gasteiger partial charge is 0.341 e. The van der Waals surface area contributed by atoms with E-state index in [9.17, 15) is 14.4 Å². The van der Waals surface area contributed by atoms with Gasteiger partial charge in [-0.1, -0.05) is 0 Å². The summed E-state index contributed by atoms with van der Waals surface area (Å²) in [7, 11) is 0. The molecule has 4 atom stereocenters. The zero-order valence-electron chi connectivity index (χ0n) is 12.1. The number of amides is 1. The zero-order chi connectivity index (χ0) is 15.4. The fourth-order valence-electron chi connectivity index (χ4n) is 3.17. The second-order valence-corrected chi connectivity index (χ2v) is 6.07. The second kappa shape index (κ2) is 4.46. The van der Waals surface area contributed by atoms with Crippen LogP contribution in [0.15, 0.2) is 12.3 Å². The van der Waals surface area contributed by atoms with E-state index in [1.165, 1.54) is 17.2 Å². The highest BCUT2D eigenvalue weighted by Gasteiger charge is 2.65. The number of carbonyl (C=O) groups is 3. The van der Waals surface area contributed by atoms with Gasteiger partial charge in [0.05, 0.1) is 6.42 Å². The summed E-state index contributed by atoms with van der Waals surface area (Å²) < 4.78 is 17.3. The van der Waals surface area contributed by atoms with Crippen molar-refractivity contribution in [1.82, 2.24) is 4.90 Å². The molecule has 3 aliphatic heterocycles. The first-order valence-electron chi connectivity index (χ1n) is 6.78. The maximum Gasteiger partial charge on any atom is 0.236 e. The van der Waals surface area contributed by atoms with Crippen LogP contribution in [0.5, 0.6) is 0 Å². The number of fused-ring (bicyclic) bond motifs is 1. The third kappa shape index (κ3) is 2.12. The molecule has 0 aliphatic carbocycles. The van der Waals surface area contributed by atoms with E-state index in [0.29, 0.717) is 6.29 Å². The van der Waals surface area contributed by atoms with Gasteiger partial charge in [0.2, 0.25) is 5.91 Å². The minimum atomic E-state index is -0.977.